The van der Waals surface area contributed by atoms with Crippen molar-refractivity contribution < 1.29 is 19.4 Å². The summed E-state index contributed by atoms with van der Waals surface area (Å²) in [5.74, 6) is 0.618. The molecule has 138 valence electrons. The van der Waals surface area contributed by atoms with E-state index < -0.39 is 5.91 Å². The third kappa shape index (κ3) is 2.97. The van der Waals surface area contributed by atoms with Gasteiger partial charge in [0.05, 0.1) is 22.1 Å². The monoisotopic (exact) mass is 392 g/mol. The van der Waals surface area contributed by atoms with Crippen LogP contribution in [0.4, 0.5) is 10.8 Å². The van der Waals surface area contributed by atoms with Crippen LogP contribution in [0.2, 0.25) is 0 Å². The molecule has 5 rings (SSSR count). The van der Waals surface area contributed by atoms with E-state index >= 15 is 0 Å². The molecule has 28 heavy (non-hydrogen) atoms. The fraction of sp³-hybridized carbons (Fsp3) is 0.0526. The Balaban J connectivity index is 1.50. The normalized spacial score (nSPS) is 15.7. The second kappa shape index (κ2) is 6.46. The number of amides is 1. The van der Waals surface area contributed by atoms with Crippen LogP contribution in [0, 0.1) is 0 Å². The number of aromatic hydroxyl groups is 1. The fourth-order valence-electron chi connectivity index (χ4n) is 2.84. The molecule has 0 fully saturated rings. The van der Waals surface area contributed by atoms with E-state index in [-0.39, 0.29) is 12.7 Å². The highest BCUT2D eigenvalue weighted by atomic mass is 32.1. The zero-order valence-corrected chi connectivity index (χ0v) is 15.1. The summed E-state index contributed by atoms with van der Waals surface area (Å²) >= 11 is 1.22. The van der Waals surface area contributed by atoms with Gasteiger partial charge in [0.15, 0.2) is 16.6 Å². The van der Waals surface area contributed by atoms with E-state index in [1.807, 2.05) is 6.07 Å². The number of fused-ring (bicyclic) bond motifs is 2. The highest BCUT2D eigenvalue weighted by molar-refractivity contribution is 7.16. The number of benzene rings is 1. The molecule has 4 heterocycles. The van der Waals surface area contributed by atoms with Gasteiger partial charge in [-0.05, 0) is 30.4 Å². The fourth-order valence-corrected chi connectivity index (χ4v) is 3.67. The second-order valence-corrected chi connectivity index (χ2v) is 7.03. The van der Waals surface area contributed by atoms with Crippen LogP contribution in [0.25, 0.3) is 12.2 Å². The van der Waals surface area contributed by atoms with Gasteiger partial charge in [-0.2, -0.15) is 4.98 Å². The van der Waals surface area contributed by atoms with Crippen molar-refractivity contribution in [2.45, 2.75) is 0 Å². The molecule has 3 aromatic rings. The lowest BCUT2D eigenvalue weighted by Crippen LogP contribution is -2.30. The van der Waals surface area contributed by atoms with E-state index in [0.717, 1.165) is 10.9 Å². The number of hydrogen-bond donors (Lipinski definition) is 2. The molecule has 0 bridgehead atoms. The van der Waals surface area contributed by atoms with Crippen molar-refractivity contribution in [1.29, 1.82) is 0 Å². The Morgan fingerprint density at radius 3 is 2.93 bits per heavy atom. The van der Waals surface area contributed by atoms with Crippen molar-refractivity contribution in [3.8, 4) is 17.4 Å². The van der Waals surface area contributed by atoms with Crippen molar-refractivity contribution >= 4 is 40.2 Å². The highest BCUT2D eigenvalue weighted by Crippen LogP contribution is 2.32. The summed E-state index contributed by atoms with van der Waals surface area (Å²) in [5.41, 5.74) is 1.09. The van der Waals surface area contributed by atoms with Crippen molar-refractivity contribution in [3.05, 3.63) is 57.7 Å². The molecule has 2 aliphatic heterocycles. The van der Waals surface area contributed by atoms with Gasteiger partial charge in [0.2, 0.25) is 12.7 Å². The topological polar surface area (TPSA) is 106 Å². The number of ether oxygens (including phenoxy) is 2. The average Bonchev–Trinajstić information content (AvgIpc) is 3.27. The zero-order valence-electron chi connectivity index (χ0n) is 14.2. The van der Waals surface area contributed by atoms with Crippen molar-refractivity contribution in [1.82, 2.24) is 9.97 Å². The van der Waals surface area contributed by atoms with Gasteiger partial charge in [-0.15, -0.1) is 0 Å². The molecule has 9 heteroatoms. The maximum atomic E-state index is 12.4. The standard InChI is InChI=1S/C19H12N4O4S/c24-17-11(4-10-5-14-15(27-9-26-14)7-13(10)22-17)6-16-18(25)23-19(28-16)21-12-2-1-3-20-8-12/h1-8,25H,9H2,(H,21,23)/b11-6+. The Morgan fingerprint density at radius 2 is 2.11 bits per heavy atom. The van der Waals surface area contributed by atoms with E-state index in [1.165, 1.54) is 11.3 Å². The van der Waals surface area contributed by atoms with Gasteiger partial charge in [0.1, 0.15) is 0 Å². The van der Waals surface area contributed by atoms with E-state index in [1.54, 1.807) is 42.7 Å². The molecule has 0 spiro atoms. The number of carbonyl (C=O) groups is 1. The first-order valence-electron chi connectivity index (χ1n) is 8.29. The molecule has 0 atom stereocenters. The lowest BCUT2D eigenvalue weighted by atomic mass is 10.1. The number of pyridine rings is 1. The van der Waals surface area contributed by atoms with Gasteiger partial charge in [-0.25, -0.2) is 4.99 Å². The van der Waals surface area contributed by atoms with Gasteiger partial charge >= 0.3 is 0 Å². The number of anilines is 2. The third-order valence-corrected chi connectivity index (χ3v) is 5.04. The third-order valence-electron chi connectivity index (χ3n) is 4.14. The van der Waals surface area contributed by atoms with Crippen LogP contribution in [-0.2, 0) is 4.79 Å². The molecule has 2 aromatic heterocycles. The van der Waals surface area contributed by atoms with Crippen molar-refractivity contribution in [2.75, 3.05) is 12.1 Å². The molecular weight excluding hydrogens is 380 g/mol. The summed E-state index contributed by atoms with van der Waals surface area (Å²) in [5, 5.41) is 15.0. The van der Waals surface area contributed by atoms with E-state index in [4.69, 9.17) is 9.47 Å². The van der Waals surface area contributed by atoms with Crippen LogP contribution in [0.1, 0.15) is 4.88 Å². The SMILES string of the molecule is O=C1N=c2cc3c(cc2=C/C1=C\c1sc(Nc2cccnc2)nc1O)OCO3. The summed E-state index contributed by atoms with van der Waals surface area (Å²) in [6, 6.07) is 7.09. The number of thiazole rings is 1. The van der Waals surface area contributed by atoms with Crippen LogP contribution in [0.15, 0.2) is 47.2 Å². The maximum absolute atomic E-state index is 12.4. The van der Waals surface area contributed by atoms with Gasteiger partial charge in [-0.3, -0.25) is 9.78 Å². The summed E-state index contributed by atoms with van der Waals surface area (Å²) in [6.45, 7) is 0.149. The minimum atomic E-state index is -0.402. The van der Waals surface area contributed by atoms with Crippen molar-refractivity contribution in [2.24, 2.45) is 4.99 Å². The molecular formula is C19H12N4O4S. The number of carbonyl (C=O) groups excluding carboxylic acids is 1. The number of hydrogen-bond acceptors (Lipinski definition) is 8. The predicted molar refractivity (Wildman–Crippen MR) is 102 cm³/mol. The number of nitrogens with zero attached hydrogens (tertiary/aromatic N) is 3. The minimum Gasteiger partial charge on any atom is -0.492 e. The smallest absolute Gasteiger partial charge is 0.277 e. The average molecular weight is 392 g/mol. The molecule has 0 radical (unpaired) electrons. The molecule has 1 aromatic carbocycles. The Labute approximate surface area is 162 Å². The quantitative estimate of drug-likeness (QED) is 0.654. The van der Waals surface area contributed by atoms with Gasteiger partial charge in [0.25, 0.3) is 5.91 Å². The summed E-state index contributed by atoms with van der Waals surface area (Å²) in [7, 11) is 0. The van der Waals surface area contributed by atoms with Crippen molar-refractivity contribution in [3.63, 3.8) is 0 Å². The zero-order chi connectivity index (χ0) is 19.1. The summed E-state index contributed by atoms with van der Waals surface area (Å²) in [4.78, 5) is 25.1. The maximum Gasteiger partial charge on any atom is 0.277 e. The molecule has 1 amide bonds. The highest BCUT2D eigenvalue weighted by Gasteiger charge is 2.18. The number of aromatic nitrogens is 2. The van der Waals surface area contributed by atoms with Crippen LogP contribution in [0.3, 0.4) is 0 Å². The van der Waals surface area contributed by atoms with Gasteiger partial charge in [-0.1, -0.05) is 11.3 Å². The lowest BCUT2D eigenvalue weighted by Gasteiger charge is -2.04. The molecule has 8 nitrogen and oxygen atoms in total. The molecule has 2 aliphatic rings. The Kier molecular flexibility index (Phi) is 3.80. The molecule has 2 N–H and O–H groups in total. The lowest BCUT2D eigenvalue weighted by molar-refractivity contribution is -0.114. The van der Waals surface area contributed by atoms with Gasteiger partial charge < -0.3 is 19.9 Å². The molecule has 0 saturated heterocycles. The van der Waals surface area contributed by atoms with Crippen LogP contribution in [-0.4, -0.2) is 27.8 Å². The summed E-state index contributed by atoms with van der Waals surface area (Å²) in [6.07, 6.45) is 6.59. The first-order valence-corrected chi connectivity index (χ1v) is 9.10. The number of rotatable bonds is 3. The van der Waals surface area contributed by atoms with E-state index in [9.17, 15) is 9.90 Å². The number of nitrogens with one attached hydrogen (secondary N) is 1. The predicted octanol–water partition coefficient (Wildman–Crippen LogP) is 1.74. The Bertz CT molecular complexity index is 1250. The first kappa shape index (κ1) is 16.5. The molecule has 0 unspecified atom stereocenters. The van der Waals surface area contributed by atoms with Gasteiger partial charge in [0, 0.05) is 23.1 Å². The molecule has 0 aliphatic carbocycles. The Morgan fingerprint density at radius 1 is 1.25 bits per heavy atom. The van der Waals surface area contributed by atoms with Crippen LogP contribution >= 0.6 is 11.3 Å². The molecule has 0 saturated carbocycles. The van der Waals surface area contributed by atoms with E-state index in [0.29, 0.717) is 32.4 Å². The summed E-state index contributed by atoms with van der Waals surface area (Å²) < 4.78 is 10.7. The van der Waals surface area contributed by atoms with E-state index in [2.05, 4.69) is 20.3 Å². The van der Waals surface area contributed by atoms with Crippen LogP contribution < -0.4 is 25.4 Å². The Hall–Kier alpha value is -3.72. The first-order chi connectivity index (χ1) is 13.7. The minimum absolute atomic E-state index is 0.149. The largest absolute Gasteiger partial charge is 0.492 e. The second-order valence-electron chi connectivity index (χ2n) is 6.00. The van der Waals surface area contributed by atoms with Crippen LogP contribution in [0.5, 0.6) is 17.4 Å².